The second-order valence-electron chi connectivity index (χ2n) is 9.98. The molecule has 0 saturated heterocycles. The molecule has 22 heavy (non-hydrogen) atoms. The average Bonchev–Trinajstić information content (AvgIpc) is 2.90. The van der Waals surface area contributed by atoms with Crippen molar-refractivity contribution in [1.29, 1.82) is 0 Å². The summed E-state index contributed by atoms with van der Waals surface area (Å²) >= 11 is 11.2. The van der Waals surface area contributed by atoms with Gasteiger partial charge in [0, 0.05) is 15.5 Å². The van der Waals surface area contributed by atoms with E-state index in [1.165, 1.54) is 30.5 Å². The number of hydrogen-bond acceptors (Lipinski definition) is 2. The fraction of sp³-hybridized carbons (Fsp3) is 0.850. The Balaban J connectivity index is 1.93. The summed E-state index contributed by atoms with van der Waals surface area (Å²) < 4.78 is 0. The monoisotopic (exact) mass is 334 g/mol. The molecule has 0 radical (unpaired) electrons. The van der Waals surface area contributed by atoms with Gasteiger partial charge in [0.1, 0.15) is 0 Å². The first-order valence-electron chi connectivity index (χ1n) is 8.97. The molecule has 4 aliphatic rings. The van der Waals surface area contributed by atoms with Gasteiger partial charge in [-0.05, 0) is 64.9 Å². The van der Waals surface area contributed by atoms with Crippen molar-refractivity contribution in [2.45, 2.75) is 72.5 Å². The summed E-state index contributed by atoms with van der Waals surface area (Å²) in [6.45, 7) is 14.8. The molecule has 4 bridgehead atoms. The summed E-state index contributed by atoms with van der Waals surface area (Å²) in [4.78, 5) is 1.30. The van der Waals surface area contributed by atoms with Crippen molar-refractivity contribution in [3.05, 3.63) is 11.1 Å². The van der Waals surface area contributed by atoms with Crippen LogP contribution in [0.4, 0.5) is 0 Å². The lowest BCUT2D eigenvalue weighted by molar-refractivity contribution is 0.157. The molecule has 4 rings (SSSR count). The van der Waals surface area contributed by atoms with Crippen LogP contribution in [-0.2, 0) is 0 Å². The van der Waals surface area contributed by atoms with Crippen molar-refractivity contribution in [2.75, 3.05) is 0 Å². The van der Waals surface area contributed by atoms with Crippen molar-refractivity contribution < 1.29 is 0 Å². The van der Waals surface area contributed by atoms with Crippen LogP contribution in [0.1, 0.15) is 67.2 Å². The van der Waals surface area contributed by atoms with Gasteiger partial charge in [-0.1, -0.05) is 53.8 Å². The number of thiol groups is 1. The Hall–Kier alpha value is 0.180. The van der Waals surface area contributed by atoms with E-state index in [9.17, 15) is 0 Å². The summed E-state index contributed by atoms with van der Waals surface area (Å²) in [5.74, 6) is 1.38. The van der Waals surface area contributed by atoms with E-state index in [0.717, 1.165) is 0 Å². The minimum absolute atomic E-state index is 0.232. The van der Waals surface area contributed by atoms with Crippen molar-refractivity contribution >= 4 is 29.7 Å². The van der Waals surface area contributed by atoms with Gasteiger partial charge in [-0.2, -0.15) is 12.6 Å². The zero-order chi connectivity index (χ0) is 16.3. The first-order chi connectivity index (χ1) is 10.00. The second kappa shape index (κ2) is 4.04. The fourth-order valence-corrected chi connectivity index (χ4v) is 8.03. The average molecular weight is 335 g/mol. The number of fused-ring (bicyclic) bond motifs is 4. The van der Waals surface area contributed by atoms with Crippen LogP contribution >= 0.6 is 24.8 Å². The van der Waals surface area contributed by atoms with Crippen molar-refractivity contribution in [1.82, 2.24) is 0 Å². The highest BCUT2D eigenvalue weighted by Gasteiger charge is 2.68. The topological polar surface area (TPSA) is 0 Å². The number of hydrogen-bond donors (Lipinski definition) is 1. The smallest absolute Gasteiger partial charge is 0.0294 e. The Labute approximate surface area is 146 Å². The van der Waals surface area contributed by atoms with E-state index in [-0.39, 0.29) is 5.41 Å². The standard InChI is InChI=1S/C20H30S2/c1-17(2)11-7-9-19(17,5)15(21)13(11)14-12-8-10-20(6,16(14)22)18(12,3)4/h11-12,15,21H,7-10H2,1-6H3/b14-13-. The van der Waals surface area contributed by atoms with E-state index in [4.69, 9.17) is 24.8 Å². The maximum absolute atomic E-state index is 6.08. The Morgan fingerprint density at radius 1 is 0.909 bits per heavy atom. The number of rotatable bonds is 0. The van der Waals surface area contributed by atoms with E-state index in [2.05, 4.69) is 41.5 Å². The Bertz CT molecular complexity index is 611. The van der Waals surface area contributed by atoms with Gasteiger partial charge in [0.25, 0.3) is 0 Å². The first kappa shape index (κ1) is 15.7. The zero-order valence-electron chi connectivity index (χ0n) is 14.9. The highest BCUT2D eigenvalue weighted by Crippen LogP contribution is 2.73. The van der Waals surface area contributed by atoms with Crippen molar-refractivity contribution in [3.63, 3.8) is 0 Å². The van der Waals surface area contributed by atoms with Crippen LogP contribution in [0, 0.1) is 33.5 Å². The predicted molar refractivity (Wildman–Crippen MR) is 102 cm³/mol. The molecule has 4 fully saturated rings. The maximum Gasteiger partial charge on any atom is 0.0294 e. The van der Waals surface area contributed by atoms with Crippen LogP contribution in [0.15, 0.2) is 11.1 Å². The lowest BCUT2D eigenvalue weighted by atomic mass is 9.71. The Morgan fingerprint density at radius 3 is 1.95 bits per heavy atom. The third-order valence-electron chi connectivity index (χ3n) is 9.20. The normalized spacial score (nSPS) is 54.5. The molecule has 122 valence electrons. The zero-order valence-corrected chi connectivity index (χ0v) is 16.6. The molecule has 4 saturated carbocycles. The van der Waals surface area contributed by atoms with Gasteiger partial charge in [-0.25, -0.2) is 0 Å². The minimum Gasteiger partial charge on any atom is -0.171 e. The van der Waals surface area contributed by atoms with Gasteiger partial charge in [-0.15, -0.1) is 0 Å². The molecule has 0 heterocycles. The van der Waals surface area contributed by atoms with E-state index < -0.39 is 0 Å². The summed E-state index contributed by atoms with van der Waals surface area (Å²) in [7, 11) is 0. The molecule has 0 aromatic carbocycles. The van der Waals surface area contributed by atoms with Crippen LogP contribution in [-0.4, -0.2) is 10.1 Å². The Kier molecular flexibility index (Phi) is 2.88. The summed E-state index contributed by atoms with van der Waals surface area (Å²) in [5, 5.41) is 0.410. The summed E-state index contributed by atoms with van der Waals surface area (Å²) in [6.07, 6.45) is 5.27. The SMILES string of the molecule is CC12CCC(/C(=C3\C4CCC(C)(C3S)C4(C)C)C1=S)C2(C)C. The third kappa shape index (κ3) is 1.35. The molecule has 0 aromatic rings. The summed E-state index contributed by atoms with van der Waals surface area (Å²) in [5.41, 5.74) is 4.52. The molecule has 0 aromatic heterocycles. The molecule has 0 aliphatic heterocycles. The van der Waals surface area contributed by atoms with Crippen molar-refractivity contribution in [3.8, 4) is 0 Å². The van der Waals surface area contributed by atoms with Crippen LogP contribution in [0.25, 0.3) is 0 Å². The summed E-state index contributed by atoms with van der Waals surface area (Å²) in [6, 6.07) is 0. The Morgan fingerprint density at radius 2 is 1.50 bits per heavy atom. The van der Waals surface area contributed by atoms with Gasteiger partial charge >= 0.3 is 0 Å². The van der Waals surface area contributed by atoms with Gasteiger partial charge in [0.2, 0.25) is 0 Å². The molecule has 4 aliphatic carbocycles. The van der Waals surface area contributed by atoms with Gasteiger partial charge in [0.05, 0.1) is 0 Å². The van der Waals surface area contributed by atoms with E-state index in [1.807, 2.05) is 0 Å². The van der Waals surface area contributed by atoms with E-state index in [0.29, 0.717) is 33.3 Å². The molecule has 5 unspecified atom stereocenters. The molecule has 0 amide bonds. The second-order valence-corrected chi connectivity index (χ2v) is 10.9. The van der Waals surface area contributed by atoms with Crippen LogP contribution in [0.3, 0.4) is 0 Å². The lowest BCUT2D eigenvalue weighted by Gasteiger charge is -2.37. The van der Waals surface area contributed by atoms with Gasteiger partial charge in [0.15, 0.2) is 0 Å². The minimum atomic E-state index is 0.232. The molecular weight excluding hydrogens is 304 g/mol. The quantitative estimate of drug-likeness (QED) is 0.329. The fourth-order valence-electron chi connectivity index (χ4n) is 6.63. The number of thiocarbonyl (C=S) groups is 1. The largest absolute Gasteiger partial charge is 0.171 e. The van der Waals surface area contributed by atoms with Crippen LogP contribution < -0.4 is 0 Å². The molecule has 2 heteroatoms. The van der Waals surface area contributed by atoms with E-state index in [1.54, 1.807) is 11.1 Å². The molecule has 5 atom stereocenters. The molecule has 0 spiro atoms. The van der Waals surface area contributed by atoms with Gasteiger partial charge in [-0.3, -0.25) is 0 Å². The molecule has 0 nitrogen and oxygen atoms in total. The highest BCUT2D eigenvalue weighted by molar-refractivity contribution is 7.81. The van der Waals surface area contributed by atoms with Crippen LogP contribution in [0.5, 0.6) is 0 Å². The van der Waals surface area contributed by atoms with Crippen molar-refractivity contribution in [2.24, 2.45) is 33.5 Å². The predicted octanol–water partition coefficient (Wildman–Crippen LogP) is 5.86. The first-order valence-corrected chi connectivity index (χ1v) is 9.89. The van der Waals surface area contributed by atoms with Gasteiger partial charge < -0.3 is 0 Å². The van der Waals surface area contributed by atoms with Crippen LogP contribution in [0.2, 0.25) is 0 Å². The highest BCUT2D eigenvalue weighted by atomic mass is 32.1. The number of allylic oxidation sites excluding steroid dienone is 1. The lowest BCUT2D eigenvalue weighted by Crippen LogP contribution is -2.33. The third-order valence-corrected chi connectivity index (χ3v) is 10.7. The van der Waals surface area contributed by atoms with E-state index >= 15 is 0 Å². The molecule has 0 N–H and O–H groups in total. The maximum atomic E-state index is 6.08. The molecular formula is C20H30S2.